The van der Waals surface area contributed by atoms with E-state index in [2.05, 4.69) is 55.7 Å². The molecule has 0 fully saturated rings. The summed E-state index contributed by atoms with van der Waals surface area (Å²) >= 11 is 10.2. The lowest BCUT2D eigenvalue weighted by Gasteiger charge is -2.11. The minimum Gasteiger partial charge on any atom is -0.487 e. The third-order valence-electron chi connectivity index (χ3n) is 4.23. The van der Waals surface area contributed by atoms with Crippen molar-refractivity contribution in [3.8, 4) is 5.75 Å². The molecule has 1 N–H and O–H groups in total. The second-order valence-electron chi connectivity index (χ2n) is 6.62. The molecule has 0 aliphatic heterocycles. The fraction of sp³-hybridized carbons (Fsp3) is 0.0909. The van der Waals surface area contributed by atoms with Gasteiger partial charge in [0.15, 0.2) is 0 Å². The molecule has 0 heterocycles. The van der Waals surface area contributed by atoms with Crippen LogP contribution in [0.5, 0.6) is 5.75 Å². The van der Waals surface area contributed by atoms with E-state index in [0.29, 0.717) is 10.8 Å². The number of nitrogens with one attached hydrogen (secondary N) is 1. The van der Waals surface area contributed by atoms with Crippen LogP contribution in [0.3, 0.4) is 0 Å². The molecule has 0 aliphatic rings. The van der Waals surface area contributed by atoms with Gasteiger partial charge in [0.1, 0.15) is 12.4 Å². The Hall–Kier alpha value is -2.25. The standard InChI is InChI=1S/C22H16ClI2N3O4/c23-17-5-1-14(2-6-17)11-21(29)27-26-12-16-9-19(24)22(20(25)10-16)32-13-15-3-7-18(8-4-15)28(30)31/h1-10,12H,11,13H2,(H,27,29)/b26-12-. The van der Waals surface area contributed by atoms with Crippen LogP contribution in [0.4, 0.5) is 5.69 Å². The molecule has 0 aliphatic carbocycles. The van der Waals surface area contributed by atoms with Crippen molar-refractivity contribution < 1.29 is 14.5 Å². The van der Waals surface area contributed by atoms with Gasteiger partial charge in [0.05, 0.1) is 24.7 Å². The molecular formula is C22H16ClI2N3O4. The molecule has 3 aromatic rings. The van der Waals surface area contributed by atoms with Crippen molar-refractivity contribution in [2.75, 3.05) is 0 Å². The average Bonchev–Trinajstić information content (AvgIpc) is 2.75. The van der Waals surface area contributed by atoms with Crippen LogP contribution in [0, 0.1) is 17.3 Å². The van der Waals surface area contributed by atoms with Crippen LogP contribution in [0.1, 0.15) is 16.7 Å². The van der Waals surface area contributed by atoms with Gasteiger partial charge in [-0.25, -0.2) is 5.43 Å². The molecule has 0 bridgehead atoms. The Labute approximate surface area is 216 Å². The normalized spacial score (nSPS) is 10.8. The predicted molar refractivity (Wildman–Crippen MR) is 140 cm³/mol. The van der Waals surface area contributed by atoms with Crippen LogP contribution in [-0.2, 0) is 17.8 Å². The highest BCUT2D eigenvalue weighted by Crippen LogP contribution is 2.29. The largest absolute Gasteiger partial charge is 0.487 e. The number of carbonyl (C=O) groups is 1. The summed E-state index contributed by atoms with van der Waals surface area (Å²) in [6.45, 7) is 0.290. The maximum absolute atomic E-state index is 12.0. The number of nitrogens with zero attached hydrogens (tertiary/aromatic N) is 2. The minimum absolute atomic E-state index is 0.0433. The molecular weight excluding hydrogens is 660 g/mol. The first-order valence-corrected chi connectivity index (χ1v) is 11.8. The second kappa shape index (κ2) is 11.6. The number of carbonyl (C=O) groups excluding carboxylic acids is 1. The number of benzene rings is 3. The molecule has 164 valence electrons. The number of amides is 1. The maximum atomic E-state index is 12.0. The van der Waals surface area contributed by atoms with Crippen LogP contribution in [0.2, 0.25) is 5.02 Å². The number of hydrogen-bond donors (Lipinski definition) is 1. The Balaban J connectivity index is 1.57. The number of ether oxygens (including phenoxy) is 1. The van der Waals surface area contributed by atoms with Crippen LogP contribution in [-0.4, -0.2) is 17.0 Å². The number of non-ortho nitro benzene ring substituents is 1. The Morgan fingerprint density at radius 3 is 2.25 bits per heavy atom. The second-order valence-corrected chi connectivity index (χ2v) is 9.38. The highest BCUT2D eigenvalue weighted by Gasteiger charge is 2.10. The van der Waals surface area contributed by atoms with Gasteiger partial charge in [-0.15, -0.1) is 0 Å². The molecule has 3 rings (SSSR count). The van der Waals surface area contributed by atoms with Crippen molar-refractivity contribution in [2.24, 2.45) is 5.10 Å². The summed E-state index contributed by atoms with van der Waals surface area (Å²) < 4.78 is 7.68. The Morgan fingerprint density at radius 2 is 1.66 bits per heavy atom. The van der Waals surface area contributed by atoms with E-state index in [4.69, 9.17) is 16.3 Å². The van der Waals surface area contributed by atoms with Gasteiger partial charge in [0.25, 0.3) is 5.69 Å². The number of halogens is 3. The summed E-state index contributed by atoms with van der Waals surface area (Å²) in [4.78, 5) is 22.4. The van der Waals surface area contributed by atoms with Crippen molar-refractivity contribution in [1.29, 1.82) is 0 Å². The van der Waals surface area contributed by atoms with Gasteiger partial charge in [-0.2, -0.15) is 5.10 Å². The van der Waals surface area contributed by atoms with Gasteiger partial charge in [-0.1, -0.05) is 23.7 Å². The van der Waals surface area contributed by atoms with Gasteiger partial charge < -0.3 is 4.74 Å². The van der Waals surface area contributed by atoms with Crippen molar-refractivity contribution in [3.63, 3.8) is 0 Å². The molecule has 0 saturated heterocycles. The van der Waals surface area contributed by atoms with Crippen LogP contribution < -0.4 is 10.2 Å². The average molecular weight is 676 g/mol. The van der Waals surface area contributed by atoms with E-state index < -0.39 is 4.92 Å². The van der Waals surface area contributed by atoms with Crippen LogP contribution >= 0.6 is 56.8 Å². The Morgan fingerprint density at radius 1 is 1.06 bits per heavy atom. The van der Waals surface area contributed by atoms with Crippen molar-refractivity contribution >= 4 is 74.6 Å². The van der Waals surface area contributed by atoms with E-state index in [1.807, 2.05) is 12.1 Å². The van der Waals surface area contributed by atoms with E-state index in [0.717, 1.165) is 23.8 Å². The summed E-state index contributed by atoms with van der Waals surface area (Å²) in [7, 11) is 0. The van der Waals surface area contributed by atoms with Gasteiger partial charge in [0.2, 0.25) is 5.91 Å². The van der Waals surface area contributed by atoms with Crippen molar-refractivity contribution in [3.05, 3.63) is 99.6 Å². The summed E-state index contributed by atoms with van der Waals surface area (Å²) in [5.41, 5.74) is 5.05. The zero-order valence-electron chi connectivity index (χ0n) is 16.4. The van der Waals surface area contributed by atoms with E-state index in [1.54, 1.807) is 42.6 Å². The molecule has 0 aromatic heterocycles. The maximum Gasteiger partial charge on any atom is 0.269 e. The van der Waals surface area contributed by atoms with Crippen LogP contribution in [0.25, 0.3) is 0 Å². The van der Waals surface area contributed by atoms with Gasteiger partial charge in [0, 0.05) is 17.2 Å². The fourth-order valence-electron chi connectivity index (χ4n) is 2.67. The number of hydrazone groups is 1. The Bertz CT molecular complexity index is 1130. The quantitative estimate of drug-likeness (QED) is 0.143. The lowest BCUT2D eigenvalue weighted by Crippen LogP contribution is -2.19. The molecule has 0 spiro atoms. The summed E-state index contributed by atoms with van der Waals surface area (Å²) in [5, 5.41) is 15.4. The highest BCUT2D eigenvalue weighted by molar-refractivity contribution is 14.1. The van der Waals surface area contributed by atoms with Gasteiger partial charge >= 0.3 is 0 Å². The number of nitro groups is 1. The molecule has 10 heteroatoms. The van der Waals surface area contributed by atoms with E-state index >= 15 is 0 Å². The lowest BCUT2D eigenvalue weighted by molar-refractivity contribution is -0.384. The predicted octanol–water partition coefficient (Wildman–Crippen LogP) is 5.73. The third kappa shape index (κ3) is 7.14. The number of nitro benzene ring substituents is 1. The zero-order chi connectivity index (χ0) is 23.1. The molecule has 0 atom stereocenters. The molecule has 1 amide bonds. The van der Waals surface area contributed by atoms with E-state index in [1.165, 1.54) is 12.1 Å². The Kier molecular flexibility index (Phi) is 8.82. The van der Waals surface area contributed by atoms with Gasteiger partial charge in [-0.3, -0.25) is 14.9 Å². The van der Waals surface area contributed by atoms with Gasteiger partial charge in [-0.05, 0) is 98.3 Å². The molecule has 0 saturated carbocycles. The molecule has 0 unspecified atom stereocenters. The lowest BCUT2D eigenvalue weighted by atomic mass is 10.1. The highest BCUT2D eigenvalue weighted by atomic mass is 127. The van der Waals surface area contributed by atoms with E-state index in [-0.39, 0.29) is 24.6 Å². The van der Waals surface area contributed by atoms with Crippen molar-refractivity contribution in [1.82, 2.24) is 5.43 Å². The molecule has 0 radical (unpaired) electrons. The molecule has 7 nitrogen and oxygen atoms in total. The topological polar surface area (TPSA) is 93.8 Å². The van der Waals surface area contributed by atoms with E-state index in [9.17, 15) is 14.9 Å². The zero-order valence-corrected chi connectivity index (χ0v) is 21.5. The van der Waals surface area contributed by atoms with Crippen molar-refractivity contribution in [2.45, 2.75) is 13.0 Å². The summed E-state index contributed by atoms with van der Waals surface area (Å²) in [5.74, 6) is 0.490. The minimum atomic E-state index is -0.434. The molecule has 32 heavy (non-hydrogen) atoms. The molecule has 3 aromatic carbocycles. The smallest absolute Gasteiger partial charge is 0.269 e. The first-order valence-electron chi connectivity index (χ1n) is 9.23. The first kappa shape index (κ1) is 24.4. The summed E-state index contributed by atoms with van der Waals surface area (Å²) in [6, 6.07) is 17.1. The SMILES string of the molecule is O=C(Cc1ccc(Cl)cc1)N/N=C\c1cc(I)c(OCc2ccc([N+](=O)[O-])cc2)c(I)c1. The number of hydrogen-bond acceptors (Lipinski definition) is 5. The third-order valence-corrected chi connectivity index (χ3v) is 6.09. The monoisotopic (exact) mass is 675 g/mol. The first-order chi connectivity index (χ1) is 15.3. The summed E-state index contributed by atoms with van der Waals surface area (Å²) in [6.07, 6.45) is 1.78. The van der Waals surface area contributed by atoms with Crippen LogP contribution in [0.15, 0.2) is 65.8 Å². The number of rotatable bonds is 8. The fourth-order valence-corrected chi connectivity index (χ4v) is 4.92.